The van der Waals surface area contributed by atoms with Gasteiger partial charge in [0.2, 0.25) is 0 Å². The molecule has 0 spiro atoms. The van der Waals surface area contributed by atoms with Gasteiger partial charge in [0.05, 0.1) is 0 Å². The third kappa shape index (κ3) is 2.61. The van der Waals surface area contributed by atoms with E-state index in [1.165, 1.54) is 64.3 Å². The first kappa shape index (κ1) is 12.4. The van der Waals surface area contributed by atoms with Crippen molar-refractivity contribution in [3.8, 4) is 0 Å². The summed E-state index contributed by atoms with van der Waals surface area (Å²) in [6, 6.07) is 1.91. The van der Waals surface area contributed by atoms with Crippen LogP contribution in [-0.4, -0.2) is 23.5 Å². The van der Waals surface area contributed by atoms with Crippen LogP contribution in [0, 0.1) is 5.92 Å². The summed E-state index contributed by atoms with van der Waals surface area (Å²) in [6.07, 6.45) is 13.1. The summed E-state index contributed by atoms with van der Waals surface area (Å²) in [6.45, 7) is 6.07. The summed E-state index contributed by atoms with van der Waals surface area (Å²) >= 11 is 0. The predicted molar refractivity (Wildman–Crippen MR) is 70.7 cm³/mol. The Morgan fingerprint density at radius 2 is 1.88 bits per heavy atom. The Balaban J connectivity index is 1.91. The Bertz CT molecular complexity index is 202. The Hall–Kier alpha value is -0.0400. The number of hydrogen-bond donors (Lipinski definition) is 0. The summed E-state index contributed by atoms with van der Waals surface area (Å²) in [5.74, 6) is 1.04. The fraction of sp³-hybridized carbons (Fsp3) is 1.00. The lowest BCUT2D eigenvalue weighted by Crippen LogP contribution is -2.47. The van der Waals surface area contributed by atoms with Gasteiger partial charge in [0.25, 0.3) is 0 Å². The Morgan fingerprint density at radius 1 is 1.00 bits per heavy atom. The van der Waals surface area contributed by atoms with Crippen LogP contribution in [0.5, 0.6) is 0 Å². The molecule has 2 rings (SSSR count). The number of hydrogen-bond acceptors (Lipinski definition) is 1. The molecule has 0 saturated carbocycles. The molecular formula is C15H29N. The lowest BCUT2D eigenvalue weighted by atomic mass is 9.81. The average molecular weight is 223 g/mol. The molecule has 2 fully saturated rings. The van der Waals surface area contributed by atoms with E-state index in [0.29, 0.717) is 0 Å². The van der Waals surface area contributed by atoms with Crippen LogP contribution in [0.2, 0.25) is 0 Å². The van der Waals surface area contributed by atoms with Gasteiger partial charge in [0.1, 0.15) is 0 Å². The van der Waals surface area contributed by atoms with Crippen LogP contribution in [0.3, 0.4) is 0 Å². The Kier molecular flexibility index (Phi) is 4.69. The monoisotopic (exact) mass is 223 g/mol. The van der Waals surface area contributed by atoms with E-state index in [0.717, 1.165) is 18.0 Å². The van der Waals surface area contributed by atoms with E-state index < -0.39 is 0 Å². The lowest BCUT2D eigenvalue weighted by molar-refractivity contribution is 0.0639. The van der Waals surface area contributed by atoms with Crippen molar-refractivity contribution in [2.24, 2.45) is 5.92 Å². The number of nitrogens with zero attached hydrogens (tertiary/aromatic N) is 1. The van der Waals surface area contributed by atoms with Gasteiger partial charge >= 0.3 is 0 Å². The molecule has 0 unspecified atom stereocenters. The first-order valence-corrected chi connectivity index (χ1v) is 7.62. The molecule has 2 heterocycles. The number of unbranched alkanes of at least 4 members (excludes halogenated alkanes) is 1. The van der Waals surface area contributed by atoms with E-state index in [2.05, 4.69) is 18.7 Å². The van der Waals surface area contributed by atoms with Gasteiger partial charge < -0.3 is 0 Å². The maximum atomic E-state index is 2.88. The Labute approximate surface area is 102 Å². The quantitative estimate of drug-likeness (QED) is 0.674. The molecule has 0 radical (unpaired) electrons. The Morgan fingerprint density at radius 3 is 2.62 bits per heavy atom. The van der Waals surface area contributed by atoms with Crippen LogP contribution in [0.25, 0.3) is 0 Å². The van der Waals surface area contributed by atoms with Gasteiger partial charge in [0.15, 0.2) is 0 Å². The van der Waals surface area contributed by atoms with Gasteiger partial charge in [-0.3, -0.25) is 4.90 Å². The van der Waals surface area contributed by atoms with Crippen LogP contribution < -0.4 is 0 Å². The first-order valence-electron chi connectivity index (χ1n) is 7.62. The fourth-order valence-corrected chi connectivity index (χ4v) is 3.99. The lowest BCUT2D eigenvalue weighted by Gasteiger charge is -2.43. The van der Waals surface area contributed by atoms with Crippen LogP contribution in [0.1, 0.15) is 71.6 Å². The number of piperidine rings is 1. The van der Waals surface area contributed by atoms with Crippen LogP contribution in [-0.2, 0) is 0 Å². The molecule has 0 amide bonds. The predicted octanol–water partition coefficient (Wildman–Crippen LogP) is 4.22. The zero-order valence-electron chi connectivity index (χ0n) is 11.3. The van der Waals surface area contributed by atoms with Crippen molar-refractivity contribution >= 4 is 0 Å². The second-order valence-electron chi connectivity index (χ2n) is 5.87. The van der Waals surface area contributed by atoms with Gasteiger partial charge in [-0.2, -0.15) is 0 Å². The summed E-state index contributed by atoms with van der Waals surface area (Å²) in [4.78, 5) is 2.88. The van der Waals surface area contributed by atoms with Crippen molar-refractivity contribution in [2.75, 3.05) is 6.54 Å². The highest BCUT2D eigenvalue weighted by Crippen LogP contribution is 2.38. The minimum Gasteiger partial charge on any atom is -0.297 e. The molecule has 1 nitrogen and oxygen atoms in total. The topological polar surface area (TPSA) is 3.24 Å². The van der Waals surface area contributed by atoms with E-state index in [9.17, 15) is 0 Å². The zero-order chi connectivity index (χ0) is 11.4. The summed E-state index contributed by atoms with van der Waals surface area (Å²) in [5, 5.41) is 0. The van der Waals surface area contributed by atoms with Crippen molar-refractivity contribution < 1.29 is 0 Å². The highest BCUT2D eigenvalue weighted by atomic mass is 15.2. The second-order valence-corrected chi connectivity index (χ2v) is 5.87. The highest BCUT2D eigenvalue weighted by molar-refractivity contribution is 4.93. The standard InChI is InChI=1S/C15H29N/c1-3-5-8-13-10-11-14(7-4-2)16-12-6-9-15(13)16/h13-15H,3-12H2,1-2H3/t13-,14-,15-/m1/s1. The van der Waals surface area contributed by atoms with Crippen molar-refractivity contribution in [3.05, 3.63) is 0 Å². The van der Waals surface area contributed by atoms with Gasteiger partial charge in [-0.1, -0.05) is 33.1 Å². The van der Waals surface area contributed by atoms with E-state index in [4.69, 9.17) is 0 Å². The molecule has 3 atom stereocenters. The molecular weight excluding hydrogens is 194 g/mol. The maximum Gasteiger partial charge on any atom is 0.0127 e. The summed E-state index contributed by atoms with van der Waals surface area (Å²) in [7, 11) is 0. The fourth-order valence-electron chi connectivity index (χ4n) is 3.99. The van der Waals surface area contributed by atoms with E-state index in [1.54, 1.807) is 0 Å². The van der Waals surface area contributed by atoms with Crippen molar-refractivity contribution in [2.45, 2.75) is 83.7 Å². The molecule has 0 aromatic heterocycles. The second kappa shape index (κ2) is 6.05. The van der Waals surface area contributed by atoms with Crippen molar-refractivity contribution in [1.82, 2.24) is 4.90 Å². The third-order valence-electron chi connectivity index (χ3n) is 4.78. The van der Waals surface area contributed by atoms with Crippen LogP contribution in [0.4, 0.5) is 0 Å². The van der Waals surface area contributed by atoms with E-state index in [-0.39, 0.29) is 0 Å². The van der Waals surface area contributed by atoms with E-state index >= 15 is 0 Å². The minimum absolute atomic E-state index is 0.940. The minimum atomic E-state index is 0.940. The van der Waals surface area contributed by atoms with E-state index in [1.807, 2.05) is 0 Å². The largest absolute Gasteiger partial charge is 0.297 e. The summed E-state index contributed by atoms with van der Waals surface area (Å²) < 4.78 is 0. The third-order valence-corrected chi connectivity index (χ3v) is 4.78. The highest BCUT2D eigenvalue weighted by Gasteiger charge is 2.38. The van der Waals surface area contributed by atoms with Crippen molar-refractivity contribution in [1.29, 1.82) is 0 Å². The maximum absolute atomic E-state index is 2.88. The molecule has 94 valence electrons. The van der Waals surface area contributed by atoms with Gasteiger partial charge in [-0.15, -0.1) is 0 Å². The molecule has 0 aliphatic carbocycles. The molecule has 2 aliphatic rings. The number of fused-ring (bicyclic) bond motifs is 1. The van der Waals surface area contributed by atoms with Crippen molar-refractivity contribution in [3.63, 3.8) is 0 Å². The SMILES string of the molecule is CCCC[C@@H]1CC[C@@H](CCC)N2CCC[C@H]12. The normalized spacial score (nSPS) is 35.2. The molecule has 1 heteroatoms. The van der Waals surface area contributed by atoms with Gasteiger partial charge in [0, 0.05) is 12.1 Å². The molecule has 0 N–H and O–H groups in total. The molecule has 0 aromatic rings. The first-order chi connectivity index (χ1) is 7.86. The number of rotatable bonds is 5. The van der Waals surface area contributed by atoms with Gasteiger partial charge in [-0.05, 0) is 51.0 Å². The molecule has 2 saturated heterocycles. The zero-order valence-corrected chi connectivity index (χ0v) is 11.3. The smallest absolute Gasteiger partial charge is 0.0127 e. The molecule has 2 aliphatic heterocycles. The summed E-state index contributed by atoms with van der Waals surface area (Å²) in [5.41, 5.74) is 0. The molecule has 0 bridgehead atoms. The average Bonchev–Trinajstić information content (AvgIpc) is 2.78. The van der Waals surface area contributed by atoms with Crippen LogP contribution in [0.15, 0.2) is 0 Å². The van der Waals surface area contributed by atoms with Gasteiger partial charge in [-0.25, -0.2) is 0 Å². The van der Waals surface area contributed by atoms with Crippen LogP contribution >= 0.6 is 0 Å². The molecule has 16 heavy (non-hydrogen) atoms. The molecule has 0 aromatic carbocycles.